The fraction of sp³-hybridized carbons (Fsp3) is 0.538. The Labute approximate surface area is 107 Å². The molecule has 0 radical (unpaired) electrons. The van der Waals surface area contributed by atoms with Crippen molar-refractivity contribution in [2.45, 2.75) is 19.4 Å². The number of benzene rings is 1. The predicted octanol–water partition coefficient (Wildman–Crippen LogP) is 2.01. The van der Waals surface area contributed by atoms with Crippen molar-refractivity contribution in [1.29, 1.82) is 0 Å². The molecule has 3 N–H and O–H groups in total. The van der Waals surface area contributed by atoms with Crippen molar-refractivity contribution >= 4 is 17.3 Å². The van der Waals surface area contributed by atoms with Crippen molar-refractivity contribution < 1.29 is 5.11 Å². The van der Waals surface area contributed by atoms with Crippen LogP contribution >= 0.6 is 11.6 Å². The lowest BCUT2D eigenvalue weighted by atomic mass is 9.97. The molecule has 0 spiro atoms. The summed E-state index contributed by atoms with van der Waals surface area (Å²) in [7, 11) is 0. The van der Waals surface area contributed by atoms with Gasteiger partial charge in [-0.15, -0.1) is 0 Å². The molecule has 1 saturated heterocycles. The third-order valence-electron chi connectivity index (χ3n) is 3.49. The molecule has 1 aliphatic heterocycles. The highest BCUT2D eigenvalue weighted by Gasteiger charge is 2.18. The van der Waals surface area contributed by atoms with Crippen LogP contribution in [0.5, 0.6) is 0 Å². The van der Waals surface area contributed by atoms with Crippen LogP contribution in [0.1, 0.15) is 18.4 Å². The van der Waals surface area contributed by atoms with Crippen LogP contribution in [0.2, 0.25) is 5.02 Å². The maximum absolute atomic E-state index is 9.11. The minimum atomic E-state index is 0.306. The van der Waals surface area contributed by atoms with Crippen LogP contribution in [0.3, 0.4) is 0 Å². The Bertz CT molecular complexity index is 376. The van der Waals surface area contributed by atoms with Crippen LogP contribution in [-0.2, 0) is 6.54 Å². The van der Waals surface area contributed by atoms with E-state index in [1.54, 1.807) is 0 Å². The molecule has 0 saturated carbocycles. The molecule has 1 aromatic carbocycles. The van der Waals surface area contributed by atoms with Gasteiger partial charge in [-0.1, -0.05) is 17.7 Å². The molecule has 4 heteroatoms. The van der Waals surface area contributed by atoms with Crippen LogP contribution in [0.25, 0.3) is 0 Å². The van der Waals surface area contributed by atoms with Gasteiger partial charge in [0, 0.05) is 37.0 Å². The Kier molecular flexibility index (Phi) is 4.26. The van der Waals surface area contributed by atoms with E-state index in [9.17, 15) is 0 Å². The second-order valence-corrected chi connectivity index (χ2v) is 5.00. The van der Waals surface area contributed by atoms with Gasteiger partial charge in [0.15, 0.2) is 0 Å². The lowest BCUT2D eigenvalue weighted by molar-refractivity contribution is 0.203. The van der Waals surface area contributed by atoms with Crippen molar-refractivity contribution in [3.8, 4) is 0 Å². The Balaban J connectivity index is 2.06. The van der Waals surface area contributed by atoms with Crippen molar-refractivity contribution in [1.82, 2.24) is 0 Å². The van der Waals surface area contributed by atoms with E-state index in [0.717, 1.165) is 42.2 Å². The predicted molar refractivity (Wildman–Crippen MR) is 71.4 cm³/mol. The number of anilines is 1. The second kappa shape index (κ2) is 5.71. The van der Waals surface area contributed by atoms with Gasteiger partial charge >= 0.3 is 0 Å². The van der Waals surface area contributed by atoms with Gasteiger partial charge in [0.2, 0.25) is 0 Å². The molecule has 17 heavy (non-hydrogen) atoms. The van der Waals surface area contributed by atoms with E-state index < -0.39 is 0 Å². The van der Waals surface area contributed by atoms with Crippen LogP contribution < -0.4 is 10.6 Å². The molecule has 3 nitrogen and oxygen atoms in total. The number of nitrogens with two attached hydrogens (primary N) is 1. The lowest BCUT2D eigenvalue weighted by Crippen LogP contribution is -2.34. The first-order valence-corrected chi connectivity index (χ1v) is 6.46. The van der Waals surface area contributed by atoms with Crippen LogP contribution in [0.4, 0.5) is 5.69 Å². The monoisotopic (exact) mass is 254 g/mol. The molecule has 2 rings (SSSR count). The fourth-order valence-electron chi connectivity index (χ4n) is 2.27. The summed E-state index contributed by atoms with van der Waals surface area (Å²) in [5.74, 6) is 0.463. The summed E-state index contributed by atoms with van der Waals surface area (Å²) in [6.45, 7) is 2.76. The first-order chi connectivity index (χ1) is 8.24. The molecule has 0 aromatic heterocycles. The highest BCUT2D eigenvalue weighted by molar-refractivity contribution is 6.31. The summed E-state index contributed by atoms with van der Waals surface area (Å²) in [5, 5.41) is 9.85. The fourth-order valence-corrected chi connectivity index (χ4v) is 2.52. The normalized spacial score (nSPS) is 17.5. The van der Waals surface area contributed by atoms with Gasteiger partial charge in [0.25, 0.3) is 0 Å². The second-order valence-electron chi connectivity index (χ2n) is 4.59. The zero-order valence-corrected chi connectivity index (χ0v) is 10.7. The molecule has 1 aliphatic rings. The molecule has 1 fully saturated rings. The van der Waals surface area contributed by atoms with Gasteiger partial charge in [-0.2, -0.15) is 0 Å². The van der Waals surface area contributed by atoms with Gasteiger partial charge < -0.3 is 15.7 Å². The zero-order chi connectivity index (χ0) is 12.3. The van der Waals surface area contributed by atoms with Crippen LogP contribution in [0, 0.1) is 5.92 Å². The van der Waals surface area contributed by atoms with E-state index in [-0.39, 0.29) is 0 Å². The minimum Gasteiger partial charge on any atom is -0.396 e. The van der Waals surface area contributed by atoms with Gasteiger partial charge in [-0.3, -0.25) is 0 Å². The number of piperidine rings is 1. The van der Waals surface area contributed by atoms with Gasteiger partial charge in [-0.25, -0.2) is 0 Å². The van der Waals surface area contributed by atoms with Crippen molar-refractivity contribution in [2.75, 3.05) is 24.6 Å². The minimum absolute atomic E-state index is 0.306. The lowest BCUT2D eigenvalue weighted by Gasteiger charge is -2.33. The van der Waals surface area contributed by atoms with E-state index in [4.69, 9.17) is 22.4 Å². The van der Waals surface area contributed by atoms with Gasteiger partial charge in [-0.05, 0) is 36.5 Å². The number of rotatable bonds is 3. The third kappa shape index (κ3) is 2.92. The summed E-state index contributed by atoms with van der Waals surface area (Å²) < 4.78 is 0. The first kappa shape index (κ1) is 12.7. The Morgan fingerprint density at radius 3 is 2.59 bits per heavy atom. The largest absolute Gasteiger partial charge is 0.396 e. The topological polar surface area (TPSA) is 49.5 Å². The van der Waals surface area contributed by atoms with E-state index in [1.807, 2.05) is 12.1 Å². The summed E-state index contributed by atoms with van der Waals surface area (Å²) in [6.07, 6.45) is 2.10. The quantitative estimate of drug-likeness (QED) is 0.868. The van der Waals surface area contributed by atoms with Crippen molar-refractivity contribution in [3.05, 3.63) is 28.8 Å². The number of aliphatic hydroxyl groups excluding tert-OH is 1. The van der Waals surface area contributed by atoms with Gasteiger partial charge in [0.05, 0.1) is 0 Å². The summed E-state index contributed by atoms with van der Waals surface area (Å²) in [6, 6.07) is 6.06. The highest BCUT2D eigenvalue weighted by Crippen LogP contribution is 2.27. The van der Waals surface area contributed by atoms with E-state index in [0.29, 0.717) is 19.1 Å². The van der Waals surface area contributed by atoms with Crippen molar-refractivity contribution in [3.63, 3.8) is 0 Å². The average Bonchev–Trinajstić information content (AvgIpc) is 2.39. The van der Waals surface area contributed by atoms with E-state index >= 15 is 0 Å². The van der Waals surface area contributed by atoms with E-state index in [1.165, 1.54) is 0 Å². The molecule has 0 amide bonds. The van der Waals surface area contributed by atoms with E-state index in [2.05, 4.69) is 11.0 Å². The van der Waals surface area contributed by atoms with Crippen molar-refractivity contribution in [2.24, 2.45) is 11.7 Å². The number of halogens is 1. The molecule has 1 heterocycles. The van der Waals surface area contributed by atoms with Crippen LogP contribution in [0.15, 0.2) is 18.2 Å². The molecule has 0 aliphatic carbocycles. The maximum Gasteiger partial charge on any atom is 0.0471 e. The number of aliphatic hydroxyl groups is 1. The molecular formula is C13H19ClN2O. The smallest absolute Gasteiger partial charge is 0.0471 e. The molecule has 94 valence electrons. The molecular weight excluding hydrogens is 236 g/mol. The Hall–Kier alpha value is -0.770. The standard InChI is InChI=1S/C13H19ClN2O/c14-13-7-12(2-1-11(13)8-15)16-5-3-10(9-17)4-6-16/h1-2,7,10,17H,3-6,8-9,15H2. The summed E-state index contributed by atoms with van der Waals surface area (Å²) in [4.78, 5) is 2.32. The Morgan fingerprint density at radius 1 is 1.35 bits per heavy atom. The first-order valence-electron chi connectivity index (χ1n) is 6.09. The van der Waals surface area contributed by atoms with Crippen LogP contribution in [-0.4, -0.2) is 24.8 Å². The molecule has 1 aromatic rings. The third-order valence-corrected chi connectivity index (χ3v) is 3.85. The maximum atomic E-state index is 9.11. The molecule has 0 atom stereocenters. The average molecular weight is 255 g/mol. The number of nitrogens with zero attached hydrogens (tertiary/aromatic N) is 1. The number of hydrogen-bond donors (Lipinski definition) is 2. The summed E-state index contributed by atoms with van der Waals surface area (Å²) in [5.41, 5.74) is 7.73. The highest BCUT2D eigenvalue weighted by atomic mass is 35.5. The summed E-state index contributed by atoms with van der Waals surface area (Å²) >= 11 is 6.16. The molecule has 0 unspecified atom stereocenters. The Morgan fingerprint density at radius 2 is 2.06 bits per heavy atom. The number of hydrogen-bond acceptors (Lipinski definition) is 3. The molecule has 0 bridgehead atoms. The zero-order valence-electron chi connectivity index (χ0n) is 9.90. The SMILES string of the molecule is NCc1ccc(N2CCC(CO)CC2)cc1Cl. The van der Waals surface area contributed by atoms with Gasteiger partial charge in [0.1, 0.15) is 0 Å².